The number of nitrogens with zero attached hydrogens (tertiary/aromatic N) is 1. The van der Waals surface area contributed by atoms with Crippen LogP contribution in [-0.4, -0.2) is 30.1 Å². The van der Waals surface area contributed by atoms with Crippen molar-refractivity contribution >= 4 is 0 Å². The molecule has 0 unspecified atom stereocenters. The molecule has 16 heavy (non-hydrogen) atoms. The van der Waals surface area contributed by atoms with Gasteiger partial charge in [0.05, 0.1) is 0 Å². The molecule has 0 radical (unpaired) electrons. The minimum atomic E-state index is 0.613. The van der Waals surface area contributed by atoms with Crippen LogP contribution in [0.2, 0.25) is 0 Å². The zero-order valence-electron chi connectivity index (χ0n) is 10.3. The zero-order chi connectivity index (χ0) is 11.4. The van der Waals surface area contributed by atoms with E-state index in [4.69, 9.17) is 0 Å². The largest absolute Gasteiger partial charge is 0.309 e. The molecule has 0 spiro atoms. The molecule has 0 saturated carbocycles. The third kappa shape index (κ3) is 3.06. The predicted octanol–water partition coefficient (Wildman–Crippen LogP) is 2.26. The highest BCUT2D eigenvalue weighted by atomic mass is 15.2. The maximum absolute atomic E-state index is 3.64. The minimum Gasteiger partial charge on any atom is -0.309 e. The summed E-state index contributed by atoms with van der Waals surface area (Å²) in [5, 5.41) is 3.64. The summed E-state index contributed by atoms with van der Waals surface area (Å²) in [6.07, 6.45) is 1.22. The van der Waals surface area contributed by atoms with Crippen molar-refractivity contribution in [2.24, 2.45) is 0 Å². The lowest BCUT2D eigenvalue weighted by Crippen LogP contribution is -2.54. The number of benzene rings is 1. The lowest BCUT2D eigenvalue weighted by atomic mass is 10.1. The van der Waals surface area contributed by atoms with Gasteiger partial charge in [-0.2, -0.15) is 0 Å². The Bertz CT molecular complexity index is 310. The average molecular weight is 218 g/mol. The molecule has 1 aromatic carbocycles. The van der Waals surface area contributed by atoms with E-state index in [2.05, 4.69) is 54.4 Å². The van der Waals surface area contributed by atoms with Crippen LogP contribution >= 0.6 is 0 Å². The van der Waals surface area contributed by atoms with Crippen molar-refractivity contribution in [1.82, 2.24) is 10.2 Å². The van der Waals surface area contributed by atoms with Crippen LogP contribution in [0.25, 0.3) is 0 Å². The monoisotopic (exact) mass is 218 g/mol. The third-order valence-electron chi connectivity index (χ3n) is 3.27. The van der Waals surface area contributed by atoms with Crippen LogP contribution in [-0.2, 0) is 6.54 Å². The summed E-state index contributed by atoms with van der Waals surface area (Å²) >= 11 is 0. The van der Waals surface area contributed by atoms with Crippen molar-refractivity contribution in [3.05, 3.63) is 35.9 Å². The second-order valence-electron chi connectivity index (χ2n) is 4.85. The molecule has 0 amide bonds. The van der Waals surface area contributed by atoms with Gasteiger partial charge >= 0.3 is 0 Å². The Morgan fingerprint density at radius 3 is 2.69 bits per heavy atom. The lowest BCUT2D eigenvalue weighted by Gasteiger charge is -2.37. The van der Waals surface area contributed by atoms with Crippen LogP contribution in [0.4, 0.5) is 0 Å². The van der Waals surface area contributed by atoms with Gasteiger partial charge in [0.1, 0.15) is 0 Å². The molecule has 1 aromatic rings. The smallest absolute Gasteiger partial charge is 0.0235 e. The highest BCUT2D eigenvalue weighted by molar-refractivity contribution is 5.14. The molecule has 0 bridgehead atoms. The van der Waals surface area contributed by atoms with E-state index in [1.165, 1.54) is 18.5 Å². The average Bonchev–Trinajstić information content (AvgIpc) is 2.29. The molecule has 0 aromatic heterocycles. The summed E-state index contributed by atoms with van der Waals surface area (Å²) in [6.45, 7) is 7.96. The van der Waals surface area contributed by atoms with Gasteiger partial charge in [-0.15, -0.1) is 0 Å². The second-order valence-corrected chi connectivity index (χ2v) is 4.85. The molecule has 2 rings (SSSR count). The van der Waals surface area contributed by atoms with E-state index < -0.39 is 0 Å². The summed E-state index contributed by atoms with van der Waals surface area (Å²) in [7, 11) is 0. The van der Waals surface area contributed by atoms with Gasteiger partial charge in [0.15, 0.2) is 0 Å². The Hall–Kier alpha value is -0.860. The van der Waals surface area contributed by atoms with E-state index >= 15 is 0 Å². The van der Waals surface area contributed by atoms with Crippen LogP contribution < -0.4 is 5.32 Å². The Morgan fingerprint density at radius 1 is 1.25 bits per heavy atom. The molecule has 1 N–H and O–H groups in total. The number of hydrogen-bond acceptors (Lipinski definition) is 2. The van der Waals surface area contributed by atoms with Gasteiger partial charge in [0.2, 0.25) is 0 Å². The van der Waals surface area contributed by atoms with Gasteiger partial charge in [-0.1, -0.05) is 37.3 Å². The van der Waals surface area contributed by atoms with Gasteiger partial charge in [-0.25, -0.2) is 0 Å². The summed E-state index contributed by atoms with van der Waals surface area (Å²) in [5.41, 5.74) is 1.42. The van der Waals surface area contributed by atoms with E-state index in [1.54, 1.807) is 0 Å². The van der Waals surface area contributed by atoms with E-state index in [-0.39, 0.29) is 0 Å². The van der Waals surface area contributed by atoms with Crippen molar-refractivity contribution < 1.29 is 0 Å². The lowest BCUT2D eigenvalue weighted by molar-refractivity contribution is 0.157. The van der Waals surface area contributed by atoms with Crippen LogP contribution in [0.5, 0.6) is 0 Å². The summed E-state index contributed by atoms with van der Waals surface area (Å²) in [4.78, 5) is 2.56. The Balaban J connectivity index is 1.94. The van der Waals surface area contributed by atoms with E-state index in [0.717, 1.165) is 13.1 Å². The minimum absolute atomic E-state index is 0.613. The molecular weight excluding hydrogens is 196 g/mol. The fourth-order valence-corrected chi connectivity index (χ4v) is 2.50. The van der Waals surface area contributed by atoms with E-state index in [0.29, 0.717) is 12.1 Å². The van der Waals surface area contributed by atoms with E-state index in [1.807, 2.05) is 0 Å². The molecule has 1 aliphatic rings. The first kappa shape index (κ1) is 11.6. The molecule has 1 saturated heterocycles. The maximum atomic E-state index is 3.64. The van der Waals surface area contributed by atoms with Crippen molar-refractivity contribution in [3.63, 3.8) is 0 Å². The molecule has 1 aliphatic heterocycles. The standard InChI is InChI=1S/C14H22N2/c1-3-14-11-16(9-12(2)15-14)10-13-7-5-4-6-8-13/h4-8,12,14-15H,3,9-11H2,1-2H3/t12-,14-/m1/s1. The zero-order valence-corrected chi connectivity index (χ0v) is 10.3. The first-order valence-electron chi connectivity index (χ1n) is 6.30. The van der Waals surface area contributed by atoms with Crippen molar-refractivity contribution in [1.29, 1.82) is 0 Å². The Morgan fingerprint density at radius 2 is 2.00 bits per heavy atom. The van der Waals surface area contributed by atoms with E-state index in [9.17, 15) is 0 Å². The van der Waals surface area contributed by atoms with Crippen molar-refractivity contribution in [3.8, 4) is 0 Å². The second kappa shape index (κ2) is 5.46. The van der Waals surface area contributed by atoms with Crippen LogP contribution in [0.1, 0.15) is 25.8 Å². The quantitative estimate of drug-likeness (QED) is 0.837. The number of rotatable bonds is 3. The van der Waals surface area contributed by atoms with Crippen molar-refractivity contribution in [2.75, 3.05) is 13.1 Å². The summed E-state index contributed by atoms with van der Waals surface area (Å²) in [5.74, 6) is 0. The first-order chi connectivity index (χ1) is 7.78. The van der Waals surface area contributed by atoms with Gasteiger partial charge in [-0.3, -0.25) is 4.90 Å². The van der Waals surface area contributed by atoms with Gasteiger partial charge in [-0.05, 0) is 18.9 Å². The first-order valence-corrected chi connectivity index (χ1v) is 6.30. The normalized spacial score (nSPS) is 26.9. The number of nitrogens with one attached hydrogen (secondary N) is 1. The Kier molecular flexibility index (Phi) is 3.97. The van der Waals surface area contributed by atoms with Crippen LogP contribution in [0.3, 0.4) is 0 Å². The molecule has 1 heterocycles. The fourth-order valence-electron chi connectivity index (χ4n) is 2.50. The molecule has 88 valence electrons. The molecule has 2 heteroatoms. The van der Waals surface area contributed by atoms with Crippen LogP contribution in [0.15, 0.2) is 30.3 Å². The predicted molar refractivity (Wildman–Crippen MR) is 68.4 cm³/mol. The van der Waals surface area contributed by atoms with Gasteiger partial charge < -0.3 is 5.32 Å². The molecular formula is C14H22N2. The maximum Gasteiger partial charge on any atom is 0.0235 e. The molecule has 2 nitrogen and oxygen atoms in total. The topological polar surface area (TPSA) is 15.3 Å². The van der Waals surface area contributed by atoms with Crippen LogP contribution in [0, 0.1) is 0 Å². The number of hydrogen-bond donors (Lipinski definition) is 1. The Labute approximate surface area is 98.7 Å². The third-order valence-corrected chi connectivity index (χ3v) is 3.27. The van der Waals surface area contributed by atoms with Gasteiger partial charge in [0, 0.05) is 31.7 Å². The molecule has 1 fully saturated rings. The summed E-state index contributed by atoms with van der Waals surface area (Å²) in [6, 6.07) is 12.0. The molecule has 0 aliphatic carbocycles. The fraction of sp³-hybridized carbons (Fsp3) is 0.571. The number of piperazine rings is 1. The SMILES string of the molecule is CC[C@@H]1CN(Cc2ccccc2)C[C@@H](C)N1. The highest BCUT2D eigenvalue weighted by Gasteiger charge is 2.22. The van der Waals surface area contributed by atoms with Crippen molar-refractivity contribution in [2.45, 2.75) is 38.9 Å². The van der Waals surface area contributed by atoms with Gasteiger partial charge in [0.25, 0.3) is 0 Å². The summed E-state index contributed by atoms with van der Waals surface area (Å²) < 4.78 is 0. The molecule has 2 atom stereocenters. The highest BCUT2D eigenvalue weighted by Crippen LogP contribution is 2.11.